The lowest BCUT2D eigenvalue weighted by Gasteiger charge is -2.02. The largest absolute Gasteiger partial charge is 0.341 e. The lowest BCUT2D eigenvalue weighted by Crippen LogP contribution is -2.33. The van der Waals surface area contributed by atoms with Gasteiger partial charge in [-0.2, -0.15) is 4.57 Å². The minimum Gasteiger partial charge on any atom is -0.341 e. The zero-order valence-electron chi connectivity index (χ0n) is 16.2. The van der Waals surface area contributed by atoms with Crippen LogP contribution in [0.1, 0.15) is 24.4 Å². The first kappa shape index (κ1) is 17.2. The normalized spacial score (nSPS) is 12.1. The van der Waals surface area contributed by atoms with Crippen molar-refractivity contribution in [1.29, 1.82) is 0 Å². The number of fused-ring (bicyclic) bond motifs is 4. The predicted molar refractivity (Wildman–Crippen MR) is 122 cm³/mol. The highest BCUT2D eigenvalue weighted by atomic mass is 32.1. The van der Waals surface area contributed by atoms with Crippen molar-refractivity contribution < 1.29 is 4.57 Å². The summed E-state index contributed by atoms with van der Waals surface area (Å²) in [5.74, 6) is 0. The molecule has 0 aliphatic heterocycles. The van der Waals surface area contributed by atoms with Gasteiger partial charge in [0, 0.05) is 40.5 Å². The van der Waals surface area contributed by atoms with E-state index in [-0.39, 0.29) is 0 Å². The molecule has 138 valence electrons. The van der Waals surface area contributed by atoms with Crippen LogP contribution < -0.4 is 4.57 Å². The average Bonchev–Trinajstić information content (AvgIpc) is 3.26. The number of aromatic nitrogens is 2. The summed E-state index contributed by atoms with van der Waals surface area (Å²) in [6.45, 7) is 6.39. The third-order valence-corrected chi connectivity index (χ3v) is 6.61. The topological polar surface area (TPSA) is 8.81 Å². The summed E-state index contributed by atoms with van der Waals surface area (Å²) in [6, 6.07) is 24.2. The Labute approximate surface area is 169 Å². The third kappa shape index (κ3) is 2.66. The highest BCUT2D eigenvalue weighted by Crippen LogP contribution is 2.30. The van der Waals surface area contributed by atoms with Crippen LogP contribution in [0.25, 0.3) is 44.2 Å². The van der Waals surface area contributed by atoms with E-state index < -0.39 is 0 Å². The van der Waals surface area contributed by atoms with Gasteiger partial charge in [0.2, 0.25) is 5.52 Å². The number of nitrogens with zero attached hydrogens (tertiary/aromatic N) is 2. The summed E-state index contributed by atoms with van der Waals surface area (Å²) in [7, 11) is 0. The Morgan fingerprint density at radius 1 is 0.857 bits per heavy atom. The van der Waals surface area contributed by atoms with Crippen molar-refractivity contribution in [1.82, 2.24) is 4.57 Å². The van der Waals surface area contributed by atoms with Gasteiger partial charge in [0.05, 0.1) is 0 Å². The molecule has 0 saturated heterocycles. The van der Waals surface area contributed by atoms with Crippen LogP contribution in [0.5, 0.6) is 0 Å². The van der Waals surface area contributed by atoms with Gasteiger partial charge in [-0.25, -0.2) is 0 Å². The van der Waals surface area contributed by atoms with Crippen molar-refractivity contribution in [3.05, 3.63) is 77.3 Å². The Hall–Kier alpha value is -2.91. The maximum Gasteiger partial charge on any atom is 0.262 e. The van der Waals surface area contributed by atoms with Crippen molar-refractivity contribution >= 4 is 55.5 Å². The first-order chi connectivity index (χ1) is 13.8. The van der Waals surface area contributed by atoms with Gasteiger partial charge in [0.25, 0.3) is 5.01 Å². The van der Waals surface area contributed by atoms with Crippen molar-refractivity contribution in [2.75, 3.05) is 0 Å². The van der Waals surface area contributed by atoms with Crippen LogP contribution in [0.4, 0.5) is 0 Å². The Kier molecular flexibility index (Phi) is 4.25. The van der Waals surface area contributed by atoms with Crippen LogP contribution in [0.15, 0.2) is 66.7 Å². The maximum atomic E-state index is 2.40. The lowest BCUT2D eigenvalue weighted by atomic mass is 10.1. The molecular weight excluding hydrogens is 360 g/mol. The smallest absolute Gasteiger partial charge is 0.262 e. The van der Waals surface area contributed by atoms with Gasteiger partial charge < -0.3 is 4.57 Å². The minimum absolute atomic E-state index is 0.979. The van der Waals surface area contributed by atoms with Crippen LogP contribution in [0, 0.1) is 0 Å². The second-order valence-corrected chi connectivity index (χ2v) is 8.09. The van der Waals surface area contributed by atoms with Gasteiger partial charge in [-0.1, -0.05) is 47.7 Å². The molecule has 5 rings (SSSR count). The maximum absolute atomic E-state index is 2.40. The van der Waals surface area contributed by atoms with Gasteiger partial charge in [0.15, 0.2) is 0 Å². The summed E-state index contributed by atoms with van der Waals surface area (Å²) < 4.78 is 6.12. The van der Waals surface area contributed by atoms with Crippen LogP contribution in [0.2, 0.25) is 0 Å². The first-order valence-electron chi connectivity index (χ1n) is 9.90. The standard InChI is InChI=1S/C25H23N2S/c1-3-26-21-10-6-5-9-19(21)20-17-18(13-15-22(20)26)14-16-25-27(4-2)23-11-7-8-12-24(23)28-25/h5-17H,3-4H2,1-2H3/q+1. The molecule has 2 aromatic heterocycles. The summed E-state index contributed by atoms with van der Waals surface area (Å²) >= 11 is 1.85. The zero-order valence-corrected chi connectivity index (χ0v) is 17.0. The van der Waals surface area contributed by atoms with Crippen molar-refractivity contribution in [3.8, 4) is 0 Å². The molecule has 3 heteroatoms. The molecule has 2 heterocycles. The number of aryl methyl sites for hydroxylation is 2. The van der Waals surface area contributed by atoms with E-state index in [9.17, 15) is 0 Å². The van der Waals surface area contributed by atoms with E-state index in [4.69, 9.17) is 0 Å². The molecule has 0 bridgehead atoms. The number of thiazole rings is 1. The zero-order chi connectivity index (χ0) is 19.1. The molecule has 0 N–H and O–H groups in total. The highest BCUT2D eigenvalue weighted by molar-refractivity contribution is 7.18. The van der Waals surface area contributed by atoms with E-state index in [1.807, 2.05) is 11.3 Å². The number of benzene rings is 3. The van der Waals surface area contributed by atoms with E-state index in [1.54, 1.807) is 0 Å². The fourth-order valence-electron chi connectivity index (χ4n) is 4.19. The molecule has 0 aliphatic carbocycles. The van der Waals surface area contributed by atoms with E-state index in [0.29, 0.717) is 0 Å². The van der Waals surface area contributed by atoms with Gasteiger partial charge in [-0.15, -0.1) is 0 Å². The van der Waals surface area contributed by atoms with E-state index in [0.717, 1.165) is 13.1 Å². The van der Waals surface area contributed by atoms with E-state index >= 15 is 0 Å². The van der Waals surface area contributed by atoms with Gasteiger partial charge in [-0.05, 0) is 49.8 Å². The summed E-state index contributed by atoms with van der Waals surface area (Å²) in [6.07, 6.45) is 4.50. The minimum atomic E-state index is 0.979. The number of para-hydroxylation sites is 2. The first-order valence-corrected chi connectivity index (χ1v) is 10.7. The Balaban J connectivity index is 1.62. The quantitative estimate of drug-likeness (QED) is 0.313. The molecule has 0 spiro atoms. The van der Waals surface area contributed by atoms with Crippen molar-refractivity contribution in [2.24, 2.45) is 0 Å². The summed E-state index contributed by atoms with van der Waals surface area (Å²) in [5, 5.41) is 3.96. The fraction of sp³-hybridized carbons (Fsp3) is 0.160. The second-order valence-electron chi connectivity index (χ2n) is 7.02. The Morgan fingerprint density at radius 2 is 1.64 bits per heavy atom. The number of rotatable bonds is 4. The molecule has 0 atom stereocenters. The summed E-state index contributed by atoms with van der Waals surface area (Å²) in [5.41, 5.74) is 5.18. The molecule has 3 aromatic carbocycles. The van der Waals surface area contributed by atoms with Crippen LogP contribution >= 0.6 is 11.3 Å². The van der Waals surface area contributed by atoms with Gasteiger partial charge >= 0.3 is 0 Å². The molecule has 0 saturated carbocycles. The van der Waals surface area contributed by atoms with Gasteiger partial charge in [0.1, 0.15) is 11.2 Å². The Morgan fingerprint density at radius 3 is 2.50 bits per heavy atom. The molecule has 5 aromatic rings. The molecule has 0 amide bonds. The van der Waals surface area contributed by atoms with E-state index in [2.05, 4.69) is 102 Å². The molecule has 0 aliphatic rings. The molecule has 0 unspecified atom stereocenters. The monoisotopic (exact) mass is 383 g/mol. The SMILES string of the molecule is CCn1c2ccccc2c2cc(/C=C/c3sc4ccccc4[n+]3CC)ccc21. The van der Waals surface area contributed by atoms with Crippen molar-refractivity contribution in [3.63, 3.8) is 0 Å². The third-order valence-electron chi connectivity index (χ3n) is 5.48. The average molecular weight is 384 g/mol. The lowest BCUT2D eigenvalue weighted by molar-refractivity contribution is -0.665. The molecule has 0 fully saturated rings. The second kappa shape index (κ2) is 6.92. The molecular formula is C25H23N2S+. The highest BCUT2D eigenvalue weighted by Gasteiger charge is 2.16. The number of hydrogen-bond donors (Lipinski definition) is 0. The molecule has 2 nitrogen and oxygen atoms in total. The summed E-state index contributed by atoms with van der Waals surface area (Å²) in [4.78, 5) is 0. The van der Waals surface area contributed by atoms with Crippen LogP contribution in [-0.4, -0.2) is 4.57 Å². The van der Waals surface area contributed by atoms with Gasteiger partial charge in [-0.3, -0.25) is 0 Å². The van der Waals surface area contributed by atoms with Crippen LogP contribution in [-0.2, 0) is 13.1 Å². The number of hydrogen-bond acceptors (Lipinski definition) is 1. The van der Waals surface area contributed by atoms with Crippen LogP contribution in [0.3, 0.4) is 0 Å². The van der Waals surface area contributed by atoms with Crippen molar-refractivity contribution in [2.45, 2.75) is 26.9 Å². The predicted octanol–water partition coefficient (Wildman–Crippen LogP) is 6.51. The molecule has 28 heavy (non-hydrogen) atoms. The molecule has 0 radical (unpaired) electrons. The Bertz CT molecular complexity index is 1340. The fourth-order valence-corrected chi connectivity index (χ4v) is 5.31. The van der Waals surface area contributed by atoms with E-state index in [1.165, 1.54) is 42.6 Å².